The molecule has 2 aliphatic rings. The topological polar surface area (TPSA) is 53.3 Å². The van der Waals surface area contributed by atoms with Crippen LogP contribution >= 0.6 is 23.2 Å². The highest BCUT2D eigenvalue weighted by Gasteiger charge is 2.40. The maximum Gasteiger partial charge on any atom is 0.143 e. The third kappa shape index (κ3) is 3.64. The van der Waals surface area contributed by atoms with E-state index in [4.69, 9.17) is 27.7 Å². The quantitative estimate of drug-likeness (QED) is 0.823. The summed E-state index contributed by atoms with van der Waals surface area (Å²) in [5.41, 5.74) is 8.82. The van der Waals surface area contributed by atoms with Crippen molar-refractivity contribution in [3.8, 4) is 0 Å². The van der Waals surface area contributed by atoms with Gasteiger partial charge in [0.1, 0.15) is 5.76 Å². The van der Waals surface area contributed by atoms with Gasteiger partial charge in [-0.1, -0.05) is 46.9 Å². The maximum atomic E-state index is 6.44. The van der Waals surface area contributed by atoms with Crippen molar-refractivity contribution < 1.29 is 4.52 Å². The van der Waals surface area contributed by atoms with Crippen LogP contribution in [-0.4, -0.2) is 35.2 Å². The first-order valence-corrected chi connectivity index (χ1v) is 9.97. The molecule has 26 heavy (non-hydrogen) atoms. The molecule has 140 valence electrons. The minimum atomic E-state index is 0.275. The number of rotatable bonds is 4. The molecule has 0 amide bonds. The van der Waals surface area contributed by atoms with Crippen LogP contribution in [0.4, 0.5) is 0 Å². The standard InChI is InChI=1S/C19H24Cl2N4O/c1-12-9-17(26-24-12)14-10-22-23-19(14)16-7-2-3-8-25(16)11-13-5-4-6-15(20)18(13)21/h4-6,9,14,16,19,22-23H,2-3,7-8,10-11H2,1H3. The zero-order valence-corrected chi connectivity index (χ0v) is 16.4. The molecular weight excluding hydrogens is 371 g/mol. The first kappa shape index (κ1) is 18.3. The first-order valence-electron chi connectivity index (χ1n) is 9.22. The predicted molar refractivity (Wildman–Crippen MR) is 103 cm³/mol. The Hall–Kier alpha value is -1.11. The molecule has 4 rings (SSSR count). The fourth-order valence-corrected chi connectivity index (χ4v) is 4.60. The number of nitrogens with one attached hydrogen (secondary N) is 2. The average Bonchev–Trinajstić information content (AvgIpc) is 3.28. The molecule has 0 spiro atoms. The lowest BCUT2D eigenvalue weighted by atomic mass is 9.86. The summed E-state index contributed by atoms with van der Waals surface area (Å²) in [4.78, 5) is 2.53. The number of hydrogen-bond donors (Lipinski definition) is 2. The monoisotopic (exact) mass is 394 g/mol. The number of hydrogen-bond acceptors (Lipinski definition) is 5. The molecule has 0 aliphatic carbocycles. The molecule has 1 aromatic heterocycles. The van der Waals surface area contributed by atoms with Crippen LogP contribution < -0.4 is 10.9 Å². The SMILES string of the molecule is Cc1cc(C2CNNC2C2CCCCN2Cc2cccc(Cl)c2Cl)on1. The lowest BCUT2D eigenvalue weighted by Crippen LogP contribution is -2.52. The van der Waals surface area contributed by atoms with Gasteiger partial charge in [0.15, 0.2) is 0 Å². The Bertz CT molecular complexity index is 766. The highest BCUT2D eigenvalue weighted by Crippen LogP contribution is 2.33. The summed E-state index contributed by atoms with van der Waals surface area (Å²) in [5.74, 6) is 1.23. The van der Waals surface area contributed by atoms with E-state index in [1.54, 1.807) is 0 Å². The van der Waals surface area contributed by atoms with Crippen LogP contribution in [-0.2, 0) is 6.54 Å². The Balaban J connectivity index is 1.56. The van der Waals surface area contributed by atoms with Gasteiger partial charge < -0.3 is 4.52 Å². The molecule has 7 heteroatoms. The lowest BCUT2D eigenvalue weighted by molar-refractivity contribution is 0.103. The van der Waals surface area contributed by atoms with E-state index in [-0.39, 0.29) is 12.0 Å². The van der Waals surface area contributed by atoms with E-state index >= 15 is 0 Å². The minimum Gasteiger partial charge on any atom is -0.361 e. The molecule has 3 unspecified atom stereocenters. The van der Waals surface area contributed by atoms with Gasteiger partial charge in [-0.2, -0.15) is 0 Å². The molecule has 0 saturated carbocycles. The summed E-state index contributed by atoms with van der Waals surface area (Å²) in [6, 6.07) is 8.61. The highest BCUT2D eigenvalue weighted by atomic mass is 35.5. The van der Waals surface area contributed by atoms with Gasteiger partial charge in [0, 0.05) is 31.2 Å². The Morgan fingerprint density at radius 1 is 1.31 bits per heavy atom. The molecule has 3 heterocycles. The summed E-state index contributed by atoms with van der Waals surface area (Å²) >= 11 is 12.6. The number of halogens is 2. The second kappa shape index (κ2) is 7.87. The van der Waals surface area contributed by atoms with Crippen molar-refractivity contribution in [1.29, 1.82) is 0 Å². The number of likely N-dealkylation sites (tertiary alicyclic amines) is 1. The van der Waals surface area contributed by atoms with Crippen molar-refractivity contribution in [1.82, 2.24) is 20.9 Å². The van der Waals surface area contributed by atoms with E-state index < -0.39 is 0 Å². The van der Waals surface area contributed by atoms with Crippen LogP contribution in [0.15, 0.2) is 28.8 Å². The molecule has 5 nitrogen and oxygen atoms in total. The van der Waals surface area contributed by atoms with Gasteiger partial charge >= 0.3 is 0 Å². The Kier molecular flexibility index (Phi) is 5.53. The second-order valence-electron chi connectivity index (χ2n) is 7.27. The molecule has 2 aliphatic heterocycles. The Labute approximate surface area is 164 Å². The normalized spacial score (nSPS) is 27.1. The number of aromatic nitrogens is 1. The average molecular weight is 395 g/mol. The molecule has 2 fully saturated rings. The van der Waals surface area contributed by atoms with Gasteiger partial charge in [-0.05, 0) is 37.9 Å². The van der Waals surface area contributed by atoms with Crippen LogP contribution in [0.1, 0.15) is 42.2 Å². The van der Waals surface area contributed by atoms with Crippen LogP contribution in [0.5, 0.6) is 0 Å². The third-order valence-corrected chi connectivity index (χ3v) is 6.38. The second-order valence-corrected chi connectivity index (χ2v) is 8.06. The van der Waals surface area contributed by atoms with Crippen molar-refractivity contribution >= 4 is 23.2 Å². The summed E-state index contributed by atoms with van der Waals surface area (Å²) in [5, 5.41) is 5.36. The van der Waals surface area contributed by atoms with Crippen molar-refractivity contribution in [2.75, 3.05) is 13.1 Å². The summed E-state index contributed by atoms with van der Waals surface area (Å²) in [6.07, 6.45) is 3.60. The van der Waals surface area contributed by atoms with Crippen LogP contribution in [0.3, 0.4) is 0 Å². The fourth-order valence-electron chi connectivity index (χ4n) is 4.22. The van der Waals surface area contributed by atoms with Crippen LogP contribution in [0, 0.1) is 6.92 Å². The number of piperidine rings is 1. The molecule has 1 aromatic carbocycles. The lowest BCUT2D eigenvalue weighted by Gasteiger charge is -2.40. The summed E-state index contributed by atoms with van der Waals surface area (Å²) in [6.45, 7) is 4.69. The van der Waals surface area contributed by atoms with E-state index in [1.807, 2.05) is 25.1 Å². The smallest absolute Gasteiger partial charge is 0.143 e. The Morgan fingerprint density at radius 3 is 3.00 bits per heavy atom. The number of aryl methyl sites for hydroxylation is 1. The largest absolute Gasteiger partial charge is 0.361 e. The van der Waals surface area contributed by atoms with Crippen LogP contribution in [0.25, 0.3) is 0 Å². The van der Waals surface area contributed by atoms with Gasteiger partial charge in [0.25, 0.3) is 0 Å². The van der Waals surface area contributed by atoms with E-state index in [9.17, 15) is 0 Å². The van der Waals surface area contributed by atoms with Crippen molar-refractivity contribution in [3.05, 3.63) is 51.3 Å². The third-order valence-electron chi connectivity index (χ3n) is 5.52. The Morgan fingerprint density at radius 2 is 2.19 bits per heavy atom. The predicted octanol–water partition coefficient (Wildman–Crippen LogP) is 3.90. The number of hydrazine groups is 1. The zero-order valence-electron chi connectivity index (χ0n) is 14.8. The van der Waals surface area contributed by atoms with Gasteiger partial charge in [-0.15, -0.1) is 0 Å². The molecular formula is C19H24Cl2N4O. The van der Waals surface area contributed by atoms with Gasteiger partial charge in [-0.25, -0.2) is 0 Å². The summed E-state index contributed by atoms with van der Waals surface area (Å²) < 4.78 is 5.57. The highest BCUT2D eigenvalue weighted by molar-refractivity contribution is 6.42. The first-order chi connectivity index (χ1) is 12.6. The van der Waals surface area contributed by atoms with E-state index in [1.165, 1.54) is 12.8 Å². The van der Waals surface area contributed by atoms with Crippen molar-refractivity contribution in [2.45, 2.75) is 50.7 Å². The summed E-state index contributed by atoms with van der Waals surface area (Å²) in [7, 11) is 0. The van der Waals surface area contributed by atoms with E-state index in [0.29, 0.717) is 16.1 Å². The molecule has 2 N–H and O–H groups in total. The van der Waals surface area contributed by atoms with Crippen molar-refractivity contribution in [3.63, 3.8) is 0 Å². The maximum absolute atomic E-state index is 6.44. The fraction of sp³-hybridized carbons (Fsp3) is 0.526. The van der Waals surface area contributed by atoms with Gasteiger partial charge in [0.2, 0.25) is 0 Å². The molecule has 0 bridgehead atoms. The van der Waals surface area contributed by atoms with Crippen LogP contribution in [0.2, 0.25) is 10.0 Å². The number of benzene rings is 1. The molecule has 2 saturated heterocycles. The minimum absolute atomic E-state index is 0.275. The molecule has 3 atom stereocenters. The van der Waals surface area contributed by atoms with Gasteiger partial charge in [-0.3, -0.25) is 15.8 Å². The van der Waals surface area contributed by atoms with Gasteiger partial charge in [0.05, 0.1) is 21.7 Å². The molecule has 2 aromatic rings. The van der Waals surface area contributed by atoms with Crippen molar-refractivity contribution in [2.24, 2.45) is 0 Å². The molecule has 0 radical (unpaired) electrons. The van der Waals surface area contributed by atoms with E-state index in [2.05, 4.69) is 27.0 Å². The zero-order chi connectivity index (χ0) is 18.1. The number of nitrogens with zero attached hydrogens (tertiary/aromatic N) is 2. The van der Waals surface area contributed by atoms with E-state index in [0.717, 1.165) is 43.1 Å².